The molecule has 0 spiro atoms. The van der Waals surface area contributed by atoms with Gasteiger partial charge in [-0.1, -0.05) is 30.3 Å². The maximum absolute atomic E-state index is 12.6. The van der Waals surface area contributed by atoms with E-state index in [9.17, 15) is 23.3 Å². The van der Waals surface area contributed by atoms with Crippen LogP contribution in [-0.4, -0.2) is 29.2 Å². The summed E-state index contributed by atoms with van der Waals surface area (Å²) >= 11 is 0. The lowest BCUT2D eigenvalue weighted by atomic mass is 10.2. The van der Waals surface area contributed by atoms with Crippen LogP contribution in [0.1, 0.15) is 15.9 Å². The quantitative estimate of drug-likeness (QED) is 0.446. The van der Waals surface area contributed by atoms with Gasteiger partial charge < -0.3 is 0 Å². The third-order valence-corrected chi connectivity index (χ3v) is 5.16. The molecular formula is C18H15N5O5S. The number of rotatable bonds is 7. The molecule has 29 heavy (non-hydrogen) atoms. The Kier molecular flexibility index (Phi) is 5.90. The fourth-order valence-electron chi connectivity index (χ4n) is 2.37. The fourth-order valence-corrected chi connectivity index (χ4v) is 3.45. The molecule has 0 aliphatic heterocycles. The Labute approximate surface area is 165 Å². The first-order chi connectivity index (χ1) is 13.8. The Bertz CT molecular complexity index is 1140. The van der Waals surface area contributed by atoms with Crippen molar-refractivity contribution in [3.8, 4) is 0 Å². The number of sulfonamides is 1. The van der Waals surface area contributed by atoms with Crippen LogP contribution in [0.3, 0.4) is 0 Å². The molecule has 0 bridgehead atoms. The van der Waals surface area contributed by atoms with Crippen molar-refractivity contribution < 1.29 is 18.1 Å². The van der Waals surface area contributed by atoms with Gasteiger partial charge in [0.15, 0.2) is 0 Å². The average molecular weight is 413 g/mol. The molecule has 1 heterocycles. The Morgan fingerprint density at radius 2 is 1.72 bits per heavy atom. The van der Waals surface area contributed by atoms with Crippen LogP contribution in [-0.2, 0) is 16.6 Å². The van der Waals surface area contributed by atoms with Crippen LogP contribution in [0.4, 0.5) is 11.6 Å². The summed E-state index contributed by atoms with van der Waals surface area (Å²) in [7, 11) is -4.11. The number of anilines is 1. The minimum Gasteiger partial charge on any atom is -0.290 e. The minimum atomic E-state index is -4.11. The van der Waals surface area contributed by atoms with Crippen molar-refractivity contribution >= 4 is 27.6 Å². The lowest BCUT2D eigenvalue weighted by Gasteiger charge is -2.09. The maximum Gasteiger partial charge on any atom is 0.271 e. The van der Waals surface area contributed by atoms with Crippen LogP contribution >= 0.6 is 0 Å². The summed E-state index contributed by atoms with van der Waals surface area (Å²) in [6, 6.07) is 13.2. The van der Waals surface area contributed by atoms with Gasteiger partial charge in [0, 0.05) is 36.6 Å². The Balaban J connectivity index is 1.89. The Morgan fingerprint density at radius 1 is 1.03 bits per heavy atom. The van der Waals surface area contributed by atoms with Crippen molar-refractivity contribution in [2.75, 3.05) is 5.32 Å². The molecule has 0 unspecified atom stereocenters. The third-order valence-electron chi connectivity index (χ3n) is 3.77. The molecule has 1 aromatic heterocycles. The zero-order valence-corrected chi connectivity index (χ0v) is 15.7. The van der Waals surface area contributed by atoms with Gasteiger partial charge in [-0.05, 0) is 17.7 Å². The number of nitro groups is 1. The van der Waals surface area contributed by atoms with Gasteiger partial charge in [0.2, 0.25) is 16.0 Å². The summed E-state index contributed by atoms with van der Waals surface area (Å²) in [5, 5.41) is 13.6. The topological polar surface area (TPSA) is 144 Å². The molecule has 0 radical (unpaired) electrons. The highest BCUT2D eigenvalue weighted by Crippen LogP contribution is 2.22. The largest absolute Gasteiger partial charge is 0.290 e. The molecule has 10 nitrogen and oxygen atoms in total. The van der Waals surface area contributed by atoms with Gasteiger partial charge in [-0.2, -0.15) is 0 Å². The van der Waals surface area contributed by atoms with Gasteiger partial charge in [-0.15, -0.1) is 0 Å². The van der Waals surface area contributed by atoms with E-state index in [1.165, 1.54) is 12.4 Å². The van der Waals surface area contributed by atoms with Crippen molar-refractivity contribution in [1.29, 1.82) is 0 Å². The third kappa shape index (κ3) is 5.18. The summed E-state index contributed by atoms with van der Waals surface area (Å²) in [6.45, 7) is -0.00868. The molecule has 0 fully saturated rings. The molecular weight excluding hydrogens is 398 g/mol. The molecule has 0 saturated carbocycles. The van der Waals surface area contributed by atoms with Crippen molar-refractivity contribution in [1.82, 2.24) is 14.7 Å². The number of nitro benzene ring substituents is 1. The summed E-state index contributed by atoms with van der Waals surface area (Å²) in [4.78, 5) is 30.1. The number of benzene rings is 2. The maximum atomic E-state index is 12.6. The van der Waals surface area contributed by atoms with E-state index in [0.29, 0.717) is 5.56 Å². The van der Waals surface area contributed by atoms with E-state index in [1.54, 1.807) is 36.4 Å². The SMILES string of the molecule is O=C(Nc1ncccn1)c1cc([N+](=O)[O-])cc(S(=O)(=O)NCc2ccccc2)c1. The smallest absolute Gasteiger partial charge is 0.271 e. The zero-order chi connectivity index (χ0) is 20.9. The van der Waals surface area contributed by atoms with Gasteiger partial charge in [0.25, 0.3) is 11.6 Å². The van der Waals surface area contributed by atoms with Crippen LogP contribution < -0.4 is 10.0 Å². The van der Waals surface area contributed by atoms with Gasteiger partial charge in [0.05, 0.1) is 9.82 Å². The molecule has 0 atom stereocenters. The fraction of sp³-hybridized carbons (Fsp3) is 0.0556. The van der Waals surface area contributed by atoms with Crippen molar-refractivity contribution in [3.05, 3.63) is 88.2 Å². The monoisotopic (exact) mass is 413 g/mol. The summed E-state index contributed by atoms with van der Waals surface area (Å²) in [6.07, 6.45) is 2.80. The normalized spacial score (nSPS) is 11.0. The first-order valence-corrected chi connectivity index (χ1v) is 9.75. The van der Waals surface area contributed by atoms with Gasteiger partial charge in [0.1, 0.15) is 0 Å². The van der Waals surface area contributed by atoms with E-state index >= 15 is 0 Å². The van der Waals surface area contributed by atoms with Crippen molar-refractivity contribution in [3.63, 3.8) is 0 Å². The number of hydrogen-bond donors (Lipinski definition) is 2. The standard InChI is InChI=1S/C18H15N5O5S/c24-17(22-18-19-7-4-8-20-18)14-9-15(23(25)26)11-16(10-14)29(27,28)21-12-13-5-2-1-3-6-13/h1-11,21H,12H2,(H,19,20,22,24). The Hall–Kier alpha value is -3.70. The molecule has 3 rings (SSSR count). The van der Waals surface area contributed by atoms with Crippen LogP contribution in [0.2, 0.25) is 0 Å². The highest BCUT2D eigenvalue weighted by Gasteiger charge is 2.22. The summed E-state index contributed by atoms with van der Waals surface area (Å²) < 4.78 is 27.6. The van der Waals surface area contributed by atoms with Gasteiger partial charge in [-0.25, -0.2) is 23.1 Å². The van der Waals surface area contributed by atoms with Crippen LogP contribution in [0.15, 0.2) is 71.9 Å². The predicted molar refractivity (Wildman–Crippen MR) is 104 cm³/mol. The van der Waals surface area contributed by atoms with Crippen molar-refractivity contribution in [2.45, 2.75) is 11.4 Å². The average Bonchev–Trinajstić information content (AvgIpc) is 2.73. The Morgan fingerprint density at radius 3 is 2.38 bits per heavy atom. The van der Waals surface area contributed by atoms with Crippen LogP contribution in [0.25, 0.3) is 0 Å². The number of carbonyl (C=O) groups is 1. The van der Waals surface area contributed by atoms with Gasteiger partial charge >= 0.3 is 0 Å². The zero-order valence-electron chi connectivity index (χ0n) is 14.8. The number of aromatic nitrogens is 2. The molecule has 2 aromatic carbocycles. The van der Waals surface area contributed by atoms with Crippen LogP contribution in [0.5, 0.6) is 0 Å². The number of hydrogen-bond acceptors (Lipinski definition) is 7. The highest BCUT2D eigenvalue weighted by molar-refractivity contribution is 7.89. The molecule has 148 valence electrons. The number of carbonyl (C=O) groups excluding carboxylic acids is 1. The second-order valence-corrected chi connectivity index (χ2v) is 7.58. The van der Waals surface area contributed by atoms with E-state index in [0.717, 1.165) is 18.2 Å². The molecule has 0 saturated heterocycles. The first-order valence-electron chi connectivity index (χ1n) is 8.26. The summed E-state index contributed by atoms with van der Waals surface area (Å²) in [5.74, 6) is -0.796. The van der Waals surface area contributed by atoms with E-state index in [-0.39, 0.29) is 18.1 Å². The predicted octanol–water partition coefficient (Wildman–Crippen LogP) is 2.12. The minimum absolute atomic E-state index is 0.00868. The number of nitrogens with one attached hydrogen (secondary N) is 2. The van der Waals surface area contributed by atoms with Crippen LogP contribution in [0, 0.1) is 10.1 Å². The van der Waals surface area contributed by atoms with E-state index in [4.69, 9.17) is 0 Å². The molecule has 1 amide bonds. The van der Waals surface area contributed by atoms with Crippen molar-refractivity contribution in [2.24, 2.45) is 0 Å². The van der Waals surface area contributed by atoms with E-state index in [2.05, 4.69) is 20.0 Å². The lowest BCUT2D eigenvalue weighted by molar-refractivity contribution is -0.385. The number of amides is 1. The van der Waals surface area contributed by atoms with Gasteiger partial charge in [-0.3, -0.25) is 20.2 Å². The second-order valence-electron chi connectivity index (χ2n) is 5.81. The highest BCUT2D eigenvalue weighted by atomic mass is 32.2. The summed E-state index contributed by atoms with van der Waals surface area (Å²) in [5.41, 5.74) is -0.0424. The van der Waals surface area contributed by atoms with E-state index < -0.39 is 31.4 Å². The number of non-ortho nitro benzene ring substituents is 1. The lowest BCUT2D eigenvalue weighted by Crippen LogP contribution is -2.24. The molecule has 2 N–H and O–H groups in total. The molecule has 11 heteroatoms. The van der Waals surface area contributed by atoms with E-state index in [1.807, 2.05) is 0 Å². The molecule has 3 aromatic rings. The second kappa shape index (κ2) is 8.54. The first kappa shape index (κ1) is 20.0. The number of nitrogens with zero attached hydrogens (tertiary/aromatic N) is 3. The molecule has 0 aliphatic rings. The molecule has 0 aliphatic carbocycles.